The molecule has 0 aliphatic carbocycles. The molecule has 1 aromatic heterocycles. The summed E-state index contributed by atoms with van der Waals surface area (Å²) in [6.07, 6.45) is 2.00. The first kappa shape index (κ1) is 12.7. The third-order valence-corrected chi connectivity index (χ3v) is 3.71. The van der Waals surface area contributed by atoms with Crippen LogP contribution in [0.5, 0.6) is 0 Å². The van der Waals surface area contributed by atoms with Crippen molar-refractivity contribution in [3.63, 3.8) is 0 Å². The largest absolute Gasteiger partial charge is 0.385 e. The number of aromatic amines is 1. The number of amides is 1. The van der Waals surface area contributed by atoms with Crippen molar-refractivity contribution in [2.75, 3.05) is 17.2 Å². The number of carbonyl (C=O) groups is 1. The number of rotatable bonds is 2. The fraction of sp³-hybridized carbons (Fsp3) is 0.333. The Balaban J connectivity index is 1.92. The van der Waals surface area contributed by atoms with Gasteiger partial charge in [-0.25, -0.2) is 0 Å². The normalized spacial score (nSPS) is 13.5. The molecular weight excluding hydrogens is 252 g/mol. The van der Waals surface area contributed by atoms with Crippen LogP contribution in [-0.2, 0) is 6.42 Å². The monoisotopic (exact) mass is 270 g/mol. The second-order valence-corrected chi connectivity index (χ2v) is 5.13. The molecule has 1 aliphatic rings. The maximum atomic E-state index is 12.5. The molecule has 0 bridgehead atoms. The lowest BCUT2D eigenvalue weighted by Gasteiger charge is -2.20. The van der Waals surface area contributed by atoms with Crippen molar-refractivity contribution in [1.82, 2.24) is 10.2 Å². The van der Waals surface area contributed by atoms with Gasteiger partial charge >= 0.3 is 0 Å². The van der Waals surface area contributed by atoms with E-state index in [-0.39, 0.29) is 5.91 Å². The van der Waals surface area contributed by atoms with Crippen LogP contribution >= 0.6 is 0 Å². The van der Waals surface area contributed by atoms with E-state index in [0.717, 1.165) is 53.3 Å². The lowest BCUT2D eigenvalue weighted by molar-refractivity contribution is 0.102. The molecule has 2 aromatic rings. The number of aromatic nitrogens is 2. The molecule has 0 atom stereocenters. The number of fused-ring (bicyclic) bond motifs is 1. The van der Waals surface area contributed by atoms with Crippen molar-refractivity contribution >= 4 is 17.3 Å². The summed E-state index contributed by atoms with van der Waals surface area (Å²) >= 11 is 0. The van der Waals surface area contributed by atoms with E-state index in [1.165, 1.54) is 0 Å². The van der Waals surface area contributed by atoms with Crippen LogP contribution < -0.4 is 10.6 Å². The van der Waals surface area contributed by atoms with Crippen LogP contribution in [0.15, 0.2) is 18.2 Å². The summed E-state index contributed by atoms with van der Waals surface area (Å²) in [6, 6.07) is 5.83. The van der Waals surface area contributed by atoms with E-state index >= 15 is 0 Å². The van der Waals surface area contributed by atoms with Crippen LogP contribution in [0.2, 0.25) is 0 Å². The summed E-state index contributed by atoms with van der Waals surface area (Å²) in [5.74, 6) is -0.0712. The molecule has 0 saturated carbocycles. The zero-order valence-electron chi connectivity index (χ0n) is 11.7. The van der Waals surface area contributed by atoms with E-state index in [4.69, 9.17) is 0 Å². The first-order valence-electron chi connectivity index (χ1n) is 6.85. The van der Waals surface area contributed by atoms with Crippen LogP contribution in [0, 0.1) is 13.8 Å². The summed E-state index contributed by atoms with van der Waals surface area (Å²) in [5, 5.41) is 13.3. The van der Waals surface area contributed by atoms with Gasteiger partial charge in [-0.1, -0.05) is 6.07 Å². The standard InChI is InChI=1S/C15H18N4O/c1-9-14(10(2)19-18-9)17-15(20)12-5-3-7-13-11(12)6-4-8-16-13/h3,5,7,16H,4,6,8H2,1-2H3,(H,17,20)(H,18,19). The Bertz CT molecular complexity index is 640. The van der Waals surface area contributed by atoms with Crippen molar-refractivity contribution in [2.24, 2.45) is 0 Å². The van der Waals surface area contributed by atoms with Gasteiger partial charge in [-0.3, -0.25) is 9.89 Å². The number of carbonyl (C=O) groups excluding carboxylic acids is 1. The molecule has 5 nitrogen and oxygen atoms in total. The van der Waals surface area contributed by atoms with Crippen LogP contribution in [-0.4, -0.2) is 22.6 Å². The minimum absolute atomic E-state index is 0.0712. The smallest absolute Gasteiger partial charge is 0.256 e. The Kier molecular flexibility index (Phi) is 3.18. The molecule has 0 fully saturated rings. The first-order valence-corrected chi connectivity index (χ1v) is 6.85. The van der Waals surface area contributed by atoms with Crippen LogP contribution in [0.4, 0.5) is 11.4 Å². The summed E-state index contributed by atoms with van der Waals surface area (Å²) < 4.78 is 0. The first-order chi connectivity index (χ1) is 9.66. The lowest BCUT2D eigenvalue weighted by Crippen LogP contribution is -2.19. The zero-order chi connectivity index (χ0) is 14.1. The summed E-state index contributed by atoms with van der Waals surface area (Å²) in [4.78, 5) is 12.5. The molecule has 104 valence electrons. The lowest BCUT2D eigenvalue weighted by atomic mass is 9.97. The third kappa shape index (κ3) is 2.15. The number of aryl methyl sites for hydroxylation is 2. The Hall–Kier alpha value is -2.30. The maximum Gasteiger partial charge on any atom is 0.256 e. The molecule has 0 radical (unpaired) electrons. The van der Waals surface area contributed by atoms with Gasteiger partial charge in [-0.15, -0.1) is 0 Å². The summed E-state index contributed by atoms with van der Waals surface area (Å²) in [6.45, 7) is 4.75. The molecule has 3 N–H and O–H groups in total. The van der Waals surface area contributed by atoms with Crippen LogP contribution in [0.25, 0.3) is 0 Å². The molecule has 1 aliphatic heterocycles. The molecule has 2 heterocycles. The van der Waals surface area contributed by atoms with E-state index in [1.807, 2.05) is 32.0 Å². The number of anilines is 2. The van der Waals surface area contributed by atoms with Gasteiger partial charge in [0.05, 0.1) is 17.1 Å². The molecule has 1 aromatic carbocycles. The highest BCUT2D eigenvalue weighted by atomic mass is 16.1. The van der Waals surface area contributed by atoms with Gasteiger partial charge in [-0.05, 0) is 44.4 Å². The number of nitrogens with one attached hydrogen (secondary N) is 3. The Labute approximate surface area is 117 Å². The summed E-state index contributed by atoms with van der Waals surface area (Å²) in [5.41, 5.74) is 5.38. The minimum Gasteiger partial charge on any atom is -0.385 e. The second-order valence-electron chi connectivity index (χ2n) is 5.13. The van der Waals surface area contributed by atoms with E-state index in [0.29, 0.717) is 0 Å². The number of hydrogen-bond acceptors (Lipinski definition) is 3. The Morgan fingerprint density at radius 2 is 2.20 bits per heavy atom. The van der Waals surface area contributed by atoms with Gasteiger partial charge in [0.25, 0.3) is 5.91 Å². The molecule has 0 unspecified atom stereocenters. The number of H-pyrrole nitrogens is 1. The van der Waals surface area contributed by atoms with E-state index in [9.17, 15) is 4.79 Å². The number of hydrogen-bond donors (Lipinski definition) is 3. The molecular formula is C15H18N4O. The van der Waals surface area contributed by atoms with E-state index < -0.39 is 0 Å². The van der Waals surface area contributed by atoms with Crippen molar-refractivity contribution in [3.05, 3.63) is 40.7 Å². The minimum atomic E-state index is -0.0712. The van der Waals surface area contributed by atoms with E-state index in [2.05, 4.69) is 20.8 Å². The van der Waals surface area contributed by atoms with Gasteiger partial charge in [-0.2, -0.15) is 5.10 Å². The predicted molar refractivity (Wildman–Crippen MR) is 79.3 cm³/mol. The fourth-order valence-corrected chi connectivity index (χ4v) is 2.64. The second kappa shape index (κ2) is 5.00. The van der Waals surface area contributed by atoms with Crippen molar-refractivity contribution in [3.8, 4) is 0 Å². The van der Waals surface area contributed by atoms with Crippen molar-refractivity contribution < 1.29 is 4.79 Å². The maximum absolute atomic E-state index is 12.5. The highest BCUT2D eigenvalue weighted by molar-refractivity contribution is 6.06. The Morgan fingerprint density at radius 3 is 2.95 bits per heavy atom. The van der Waals surface area contributed by atoms with Crippen molar-refractivity contribution in [2.45, 2.75) is 26.7 Å². The molecule has 5 heteroatoms. The third-order valence-electron chi connectivity index (χ3n) is 3.71. The fourth-order valence-electron chi connectivity index (χ4n) is 2.64. The highest BCUT2D eigenvalue weighted by Gasteiger charge is 2.19. The molecule has 0 spiro atoms. The SMILES string of the molecule is Cc1n[nH]c(C)c1NC(=O)c1cccc2c1CCCN2. The van der Waals surface area contributed by atoms with E-state index in [1.54, 1.807) is 0 Å². The molecule has 3 rings (SSSR count). The Morgan fingerprint density at radius 1 is 1.35 bits per heavy atom. The van der Waals surface area contributed by atoms with Gasteiger partial charge in [0.2, 0.25) is 0 Å². The van der Waals surface area contributed by atoms with Gasteiger partial charge in [0, 0.05) is 17.8 Å². The molecule has 20 heavy (non-hydrogen) atoms. The zero-order valence-corrected chi connectivity index (χ0v) is 11.7. The van der Waals surface area contributed by atoms with Crippen molar-refractivity contribution in [1.29, 1.82) is 0 Å². The summed E-state index contributed by atoms with van der Waals surface area (Å²) in [7, 11) is 0. The van der Waals surface area contributed by atoms with Gasteiger partial charge in [0.15, 0.2) is 0 Å². The highest BCUT2D eigenvalue weighted by Crippen LogP contribution is 2.26. The van der Waals surface area contributed by atoms with Crippen LogP contribution in [0.1, 0.15) is 33.7 Å². The van der Waals surface area contributed by atoms with Gasteiger partial charge in [0.1, 0.15) is 0 Å². The number of nitrogens with zero attached hydrogens (tertiary/aromatic N) is 1. The molecule has 0 saturated heterocycles. The topological polar surface area (TPSA) is 69.8 Å². The average Bonchev–Trinajstić information content (AvgIpc) is 2.78. The average molecular weight is 270 g/mol. The van der Waals surface area contributed by atoms with Gasteiger partial charge < -0.3 is 10.6 Å². The number of benzene rings is 1. The predicted octanol–water partition coefficient (Wildman–Crippen LogP) is 2.64. The molecule has 1 amide bonds. The quantitative estimate of drug-likeness (QED) is 0.785. The van der Waals surface area contributed by atoms with Crippen LogP contribution in [0.3, 0.4) is 0 Å².